The maximum Gasteiger partial charge on any atom is 0.137 e. The standard InChI is InChI=1S/C55H39NO/c1-55(2)46-26-9-6-21-44(46)53-41(24-14-27-47(53)55)37-32-34-39(35-33-37)56(49-29-15-31-51-54(49)45-22-8-11-30-50(45)57-51)48-28-10-7-20-42(48)43-25-13-19-38-18-12-23-40(52(38)43)36-16-4-3-5-17-36/h3-35H,1-2H3. The minimum Gasteiger partial charge on any atom is -0.456 e. The SMILES string of the molecule is CC1(C)c2ccccc2-c2c(-c3ccc(N(c4ccccc4-c4cccc5cccc(-c6ccccc6)c45)c4cccc5oc6ccccc6c45)cc3)cccc21. The summed E-state index contributed by atoms with van der Waals surface area (Å²) in [5.41, 5.74) is 17.6. The van der Waals surface area contributed by atoms with Crippen LogP contribution in [-0.4, -0.2) is 0 Å². The van der Waals surface area contributed by atoms with E-state index in [-0.39, 0.29) is 5.41 Å². The van der Waals surface area contributed by atoms with E-state index >= 15 is 0 Å². The Morgan fingerprint density at radius 2 is 0.965 bits per heavy atom. The van der Waals surface area contributed by atoms with Gasteiger partial charge in [-0.25, -0.2) is 0 Å². The molecular weight excluding hydrogens is 691 g/mol. The van der Waals surface area contributed by atoms with Crippen molar-refractivity contribution in [3.8, 4) is 44.5 Å². The zero-order valence-electron chi connectivity index (χ0n) is 31.9. The van der Waals surface area contributed by atoms with Crippen LogP contribution in [0.3, 0.4) is 0 Å². The number of fused-ring (bicyclic) bond motifs is 7. The average molecular weight is 730 g/mol. The van der Waals surface area contributed by atoms with Gasteiger partial charge in [-0.15, -0.1) is 0 Å². The summed E-state index contributed by atoms with van der Waals surface area (Å²) in [7, 11) is 0. The molecule has 0 bridgehead atoms. The molecule has 2 nitrogen and oxygen atoms in total. The topological polar surface area (TPSA) is 16.4 Å². The molecule has 2 heteroatoms. The molecule has 0 radical (unpaired) electrons. The predicted octanol–water partition coefficient (Wildman–Crippen LogP) is 15.5. The summed E-state index contributed by atoms with van der Waals surface area (Å²) in [5, 5.41) is 4.64. The first-order valence-electron chi connectivity index (χ1n) is 19.8. The number of benzene rings is 9. The number of nitrogens with zero attached hydrogens (tertiary/aromatic N) is 1. The van der Waals surface area contributed by atoms with Gasteiger partial charge in [0.05, 0.1) is 16.8 Å². The van der Waals surface area contributed by atoms with Crippen LogP contribution in [-0.2, 0) is 5.41 Å². The molecule has 0 saturated heterocycles. The second-order valence-corrected chi connectivity index (χ2v) is 15.6. The second kappa shape index (κ2) is 13.0. The molecule has 0 fully saturated rings. The normalized spacial score (nSPS) is 12.9. The maximum absolute atomic E-state index is 6.49. The molecule has 0 unspecified atom stereocenters. The van der Waals surface area contributed by atoms with Crippen molar-refractivity contribution in [2.75, 3.05) is 4.90 Å². The highest BCUT2D eigenvalue weighted by atomic mass is 16.3. The van der Waals surface area contributed by atoms with Crippen LogP contribution < -0.4 is 4.90 Å². The van der Waals surface area contributed by atoms with E-state index in [1.54, 1.807) is 0 Å². The van der Waals surface area contributed by atoms with Crippen LogP contribution in [0.2, 0.25) is 0 Å². The van der Waals surface area contributed by atoms with Gasteiger partial charge in [-0.3, -0.25) is 0 Å². The molecule has 1 aliphatic rings. The van der Waals surface area contributed by atoms with Crippen molar-refractivity contribution in [1.82, 2.24) is 0 Å². The average Bonchev–Trinajstić information content (AvgIpc) is 3.77. The number of furan rings is 1. The molecule has 0 aliphatic heterocycles. The van der Waals surface area contributed by atoms with E-state index in [0.717, 1.165) is 44.6 Å². The molecule has 57 heavy (non-hydrogen) atoms. The van der Waals surface area contributed by atoms with Gasteiger partial charge in [0, 0.05) is 22.1 Å². The van der Waals surface area contributed by atoms with Crippen LogP contribution in [0.5, 0.6) is 0 Å². The molecule has 1 aromatic heterocycles. The van der Waals surface area contributed by atoms with Crippen LogP contribution in [0.15, 0.2) is 205 Å². The smallest absolute Gasteiger partial charge is 0.137 e. The molecule has 270 valence electrons. The molecular formula is C55H39NO. The highest BCUT2D eigenvalue weighted by Crippen LogP contribution is 2.53. The predicted molar refractivity (Wildman–Crippen MR) is 240 cm³/mol. The summed E-state index contributed by atoms with van der Waals surface area (Å²) in [6.07, 6.45) is 0. The fourth-order valence-corrected chi connectivity index (χ4v) is 9.46. The summed E-state index contributed by atoms with van der Waals surface area (Å²) >= 11 is 0. The Morgan fingerprint density at radius 3 is 1.81 bits per heavy atom. The third-order valence-corrected chi connectivity index (χ3v) is 12.1. The van der Waals surface area contributed by atoms with E-state index < -0.39 is 0 Å². The van der Waals surface area contributed by atoms with Gasteiger partial charge in [-0.2, -0.15) is 0 Å². The first-order valence-corrected chi connectivity index (χ1v) is 19.8. The Morgan fingerprint density at radius 1 is 0.386 bits per heavy atom. The Hall–Kier alpha value is -7.16. The zero-order chi connectivity index (χ0) is 38.1. The van der Waals surface area contributed by atoms with Crippen LogP contribution in [0.25, 0.3) is 77.2 Å². The van der Waals surface area contributed by atoms with Gasteiger partial charge in [-0.1, -0.05) is 178 Å². The molecule has 11 rings (SSSR count). The van der Waals surface area contributed by atoms with Crippen LogP contribution in [0.1, 0.15) is 25.0 Å². The molecule has 1 heterocycles. The summed E-state index contributed by atoms with van der Waals surface area (Å²) in [6.45, 7) is 4.69. The Bertz CT molecular complexity index is 3150. The molecule has 0 spiro atoms. The van der Waals surface area contributed by atoms with E-state index in [4.69, 9.17) is 4.42 Å². The number of anilines is 3. The first-order chi connectivity index (χ1) is 28.1. The fourth-order valence-electron chi connectivity index (χ4n) is 9.46. The van der Waals surface area contributed by atoms with Crippen molar-refractivity contribution in [3.63, 3.8) is 0 Å². The highest BCUT2D eigenvalue weighted by Gasteiger charge is 2.36. The first kappa shape index (κ1) is 33.2. The van der Waals surface area contributed by atoms with Crippen molar-refractivity contribution in [3.05, 3.63) is 211 Å². The fraction of sp³-hybridized carbons (Fsp3) is 0.0545. The van der Waals surface area contributed by atoms with E-state index in [2.05, 4.69) is 213 Å². The maximum atomic E-state index is 6.49. The molecule has 0 atom stereocenters. The minimum atomic E-state index is -0.0591. The van der Waals surface area contributed by atoms with Gasteiger partial charge < -0.3 is 9.32 Å². The van der Waals surface area contributed by atoms with Crippen LogP contribution in [0, 0.1) is 0 Å². The monoisotopic (exact) mass is 729 g/mol. The van der Waals surface area contributed by atoms with Crippen molar-refractivity contribution >= 4 is 49.8 Å². The molecule has 10 aromatic rings. The van der Waals surface area contributed by atoms with Gasteiger partial charge in [0.1, 0.15) is 11.2 Å². The van der Waals surface area contributed by atoms with E-state index in [1.807, 2.05) is 6.07 Å². The van der Waals surface area contributed by atoms with Crippen molar-refractivity contribution in [2.45, 2.75) is 19.3 Å². The highest BCUT2D eigenvalue weighted by molar-refractivity contribution is 6.15. The quantitative estimate of drug-likeness (QED) is 0.169. The summed E-state index contributed by atoms with van der Waals surface area (Å²) in [4.78, 5) is 2.43. The number of para-hydroxylation sites is 2. The Kier molecular flexibility index (Phi) is 7.55. The van der Waals surface area contributed by atoms with Crippen molar-refractivity contribution in [2.24, 2.45) is 0 Å². The lowest BCUT2D eigenvalue weighted by molar-refractivity contribution is 0.660. The lowest BCUT2D eigenvalue weighted by Gasteiger charge is -2.29. The summed E-state index contributed by atoms with van der Waals surface area (Å²) in [6, 6.07) is 72.6. The van der Waals surface area contributed by atoms with E-state index in [9.17, 15) is 0 Å². The van der Waals surface area contributed by atoms with Gasteiger partial charge in [0.15, 0.2) is 0 Å². The number of hydrogen-bond acceptors (Lipinski definition) is 2. The molecule has 0 N–H and O–H groups in total. The largest absolute Gasteiger partial charge is 0.456 e. The third-order valence-electron chi connectivity index (χ3n) is 12.1. The Balaban J connectivity index is 1.14. The number of hydrogen-bond donors (Lipinski definition) is 0. The van der Waals surface area contributed by atoms with Gasteiger partial charge >= 0.3 is 0 Å². The third kappa shape index (κ3) is 5.18. The van der Waals surface area contributed by atoms with E-state index in [1.165, 1.54) is 60.8 Å². The van der Waals surface area contributed by atoms with E-state index in [0.29, 0.717) is 0 Å². The lowest BCUT2D eigenvalue weighted by Crippen LogP contribution is -2.14. The second-order valence-electron chi connectivity index (χ2n) is 15.6. The molecule has 0 amide bonds. The molecule has 0 saturated carbocycles. The zero-order valence-corrected chi connectivity index (χ0v) is 31.9. The van der Waals surface area contributed by atoms with Gasteiger partial charge in [0.2, 0.25) is 0 Å². The number of rotatable bonds is 6. The summed E-state index contributed by atoms with van der Waals surface area (Å²) in [5.74, 6) is 0. The summed E-state index contributed by atoms with van der Waals surface area (Å²) < 4.78 is 6.49. The van der Waals surface area contributed by atoms with Gasteiger partial charge in [-0.05, 0) is 97.2 Å². The molecule has 9 aromatic carbocycles. The lowest BCUT2D eigenvalue weighted by atomic mass is 9.82. The van der Waals surface area contributed by atoms with Crippen molar-refractivity contribution in [1.29, 1.82) is 0 Å². The van der Waals surface area contributed by atoms with Crippen LogP contribution >= 0.6 is 0 Å². The van der Waals surface area contributed by atoms with Crippen LogP contribution in [0.4, 0.5) is 17.1 Å². The van der Waals surface area contributed by atoms with Gasteiger partial charge in [0.25, 0.3) is 0 Å². The minimum absolute atomic E-state index is 0.0591. The van der Waals surface area contributed by atoms with Crippen molar-refractivity contribution < 1.29 is 4.42 Å². The molecule has 1 aliphatic carbocycles. The Labute approximate surface area is 332 Å².